The van der Waals surface area contributed by atoms with Crippen molar-refractivity contribution in [2.75, 3.05) is 12.4 Å². The third-order valence-corrected chi connectivity index (χ3v) is 2.74. The average Bonchev–Trinajstić information content (AvgIpc) is 2.38. The number of hydrogen-bond acceptors (Lipinski definition) is 4. The predicted molar refractivity (Wildman–Crippen MR) is 73.6 cm³/mol. The van der Waals surface area contributed by atoms with E-state index in [9.17, 15) is 0 Å². The van der Waals surface area contributed by atoms with Gasteiger partial charge in [-0.3, -0.25) is 4.98 Å². The topological polar surface area (TPSA) is 50.7 Å². The summed E-state index contributed by atoms with van der Waals surface area (Å²) < 4.78 is 0. The van der Waals surface area contributed by atoms with Crippen molar-refractivity contribution in [1.29, 1.82) is 0 Å². The van der Waals surface area contributed by atoms with E-state index in [-0.39, 0.29) is 0 Å². The van der Waals surface area contributed by atoms with Gasteiger partial charge in [0.2, 0.25) is 0 Å². The van der Waals surface area contributed by atoms with Crippen molar-refractivity contribution in [2.24, 2.45) is 0 Å². The molecule has 4 heteroatoms. The van der Waals surface area contributed by atoms with Crippen LogP contribution in [0, 0.1) is 6.92 Å². The lowest BCUT2D eigenvalue weighted by Crippen LogP contribution is -2.03. The molecule has 2 aromatic rings. The molecular formula is C14H18N4. The minimum Gasteiger partial charge on any atom is -0.373 e. The molecule has 0 saturated heterocycles. The Hall–Kier alpha value is -1.97. The maximum atomic E-state index is 4.58. The van der Waals surface area contributed by atoms with Crippen LogP contribution in [0.1, 0.15) is 31.0 Å². The highest BCUT2D eigenvalue weighted by Crippen LogP contribution is 2.20. The number of anilines is 1. The van der Waals surface area contributed by atoms with Gasteiger partial charge in [-0.25, -0.2) is 9.97 Å². The van der Waals surface area contributed by atoms with Crippen LogP contribution in [0.2, 0.25) is 0 Å². The molecule has 0 fully saturated rings. The highest BCUT2D eigenvalue weighted by molar-refractivity contribution is 5.54. The van der Waals surface area contributed by atoms with Gasteiger partial charge >= 0.3 is 0 Å². The molecule has 0 spiro atoms. The van der Waals surface area contributed by atoms with Crippen LogP contribution >= 0.6 is 0 Å². The monoisotopic (exact) mass is 242 g/mol. The first-order valence-electron chi connectivity index (χ1n) is 6.10. The van der Waals surface area contributed by atoms with Crippen molar-refractivity contribution in [3.63, 3.8) is 0 Å². The second-order valence-corrected chi connectivity index (χ2v) is 4.62. The summed E-state index contributed by atoms with van der Waals surface area (Å²) in [7, 11) is 1.86. The molecule has 2 aromatic heterocycles. The van der Waals surface area contributed by atoms with Gasteiger partial charge in [-0.15, -0.1) is 0 Å². The summed E-state index contributed by atoms with van der Waals surface area (Å²) in [5.41, 5.74) is 2.99. The van der Waals surface area contributed by atoms with Crippen LogP contribution in [0.5, 0.6) is 0 Å². The minimum absolute atomic E-state index is 0.364. The van der Waals surface area contributed by atoms with Crippen molar-refractivity contribution in [1.82, 2.24) is 15.0 Å². The molecule has 2 heterocycles. The van der Waals surface area contributed by atoms with Gasteiger partial charge in [0.15, 0.2) is 5.82 Å². The molecule has 94 valence electrons. The zero-order valence-corrected chi connectivity index (χ0v) is 11.2. The Labute approximate surface area is 108 Å². The number of pyridine rings is 1. The van der Waals surface area contributed by atoms with Gasteiger partial charge < -0.3 is 5.32 Å². The second kappa shape index (κ2) is 5.12. The zero-order valence-electron chi connectivity index (χ0n) is 11.2. The number of hydrogen-bond donors (Lipinski definition) is 1. The first-order valence-corrected chi connectivity index (χ1v) is 6.10. The molecule has 4 nitrogen and oxygen atoms in total. The van der Waals surface area contributed by atoms with Gasteiger partial charge in [0.05, 0.1) is 0 Å². The Bertz CT molecular complexity index is 549. The molecule has 2 rings (SSSR count). The maximum absolute atomic E-state index is 4.58. The van der Waals surface area contributed by atoms with E-state index < -0.39 is 0 Å². The van der Waals surface area contributed by atoms with Crippen LogP contribution in [0.4, 0.5) is 5.82 Å². The highest BCUT2D eigenvalue weighted by Gasteiger charge is 2.09. The molecule has 18 heavy (non-hydrogen) atoms. The predicted octanol–water partition coefficient (Wildman–Crippen LogP) is 3.01. The van der Waals surface area contributed by atoms with Crippen LogP contribution in [-0.4, -0.2) is 22.0 Å². The largest absolute Gasteiger partial charge is 0.373 e. The van der Waals surface area contributed by atoms with E-state index in [1.165, 1.54) is 0 Å². The molecule has 0 aliphatic carbocycles. The van der Waals surface area contributed by atoms with Crippen LogP contribution in [0.15, 0.2) is 24.4 Å². The molecule has 0 radical (unpaired) electrons. The molecular weight excluding hydrogens is 224 g/mol. The van der Waals surface area contributed by atoms with E-state index in [4.69, 9.17) is 0 Å². The van der Waals surface area contributed by atoms with E-state index in [0.29, 0.717) is 11.7 Å². The molecule has 0 amide bonds. The van der Waals surface area contributed by atoms with Gasteiger partial charge in [0.1, 0.15) is 11.5 Å². The third kappa shape index (κ3) is 2.64. The zero-order chi connectivity index (χ0) is 13.1. The lowest BCUT2D eigenvalue weighted by molar-refractivity contribution is 0.816. The first kappa shape index (κ1) is 12.5. The van der Waals surface area contributed by atoms with Crippen molar-refractivity contribution >= 4 is 5.82 Å². The van der Waals surface area contributed by atoms with Crippen LogP contribution in [0.3, 0.4) is 0 Å². The van der Waals surface area contributed by atoms with Gasteiger partial charge in [0, 0.05) is 25.0 Å². The Morgan fingerprint density at radius 3 is 2.56 bits per heavy atom. The average molecular weight is 242 g/mol. The second-order valence-electron chi connectivity index (χ2n) is 4.62. The first-order chi connectivity index (χ1) is 8.60. The molecule has 0 aliphatic rings. The Kier molecular flexibility index (Phi) is 3.55. The van der Waals surface area contributed by atoms with Crippen molar-refractivity contribution in [3.8, 4) is 11.5 Å². The Morgan fingerprint density at radius 1 is 1.17 bits per heavy atom. The smallest absolute Gasteiger partial charge is 0.180 e. The lowest BCUT2D eigenvalue weighted by Gasteiger charge is -2.09. The minimum atomic E-state index is 0.364. The number of aromatic nitrogens is 3. The summed E-state index contributed by atoms with van der Waals surface area (Å²) in [6.45, 7) is 6.28. The van der Waals surface area contributed by atoms with E-state index in [1.54, 1.807) is 6.20 Å². The van der Waals surface area contributed by atoms with E-state index >= 15 is 0 Å². The molecule has 0 aromatic carbocycles. The summed E-state index contributed by atoms with van der Waals surface area (Å²) in [6, 6.07) is 5.94. The molecule has 1 N–H and O–H groups in total. The lowest BCUT2D eigenvalue weighted by atomic mass is 10.1. The van der Waals surface area contributed by atoms with Gasteiger partial charge in [-0.05, 0) is 30.5 Å². The van der Waals surface area contributed by atoms with Crippen LogP contribution in [0.25, 0.3) is 11.5 Å². The summed E-state index contributed by atoms with van der Waals surface area (Å²) in [5, 5.41) is 3.07. The van der Waals surface area contributed by atoms with E-state index in [2.05, 4.69) is 34.1 Å². The van der Waals surface area contributed by atoms with E-state index in [0.717, 1.165) is 22.8 Å². The third-order valence-electron chi connectivity index (χ3n) is 2.74. The fourth-order valence-corrected chi connectivity index (χ4v) is 1.66. The SMILES string of the molecule is CNc1cc(C(C)C)nc(-c2cc(C)ccn2)n1. The number of nitrogens with one attached hydrogen (secondary N) is 1. The number of nitrogens with zero attached hydrogens (tertiary/aromatic N) is 3. The number of rotatable bonds is 3. The maximum Gasteiger partial charge on any atom is 0.180 e. The van der Waals surface area contributed by atoms with Gasteiger partial charge in [0.25, 0.3) is 0 Å². The van der Waals surface area contributed by atoms with Gasteiger partial charge in [-0.2, -0.15) is 0 Å². The fourth-order valence-electron chi connectivity index (χ4n) is 1.66. The van der Waals surface area contributed by atoms with Crippen molar-refractivity contribution in [2.45, 2.75) is 26.7 Å². The highest BCUT2D eigenvalue weighted by atomic mass is 15.0. The summed E-state index contributed by atoms with van der Waals surface area (Å²) in [6.07, 6.45) is 1.79. The van der Waals surface area contributed by atoms with Crippen molar-refractivity contribution in [3.05, 3.63) is 35.7 Å². The van der Waals surface area contributed by atoms with E-state index in [1.807, 2.05) is 32.2 Å². The van der Waals surface area contributed by atoms with Crippen LogP contribution < -0.4 is 5.32 Å². The van der Waals surface area contributed by atoms with Crippen molar-refractivity contribution < 1.29 is 0 Å². The number of aryl methyl sites for hydroxylation is 1. The summed E-state index contributed by atoms with van der Waals surface area (Å²) in [5.74, 6) is 1.87. The molecule has 0 unspecified atom stereocenters. The molecule has 0 bridgehead atoms. The quantitative estimate of drug-likeness (QED) is 0.898. The summed E-state index contributed by atoms with van der Waals surface area (Å²) in [4.78, 5) is 13.4. The normalized spacial score (nSPS) is 10.7. The molecule has 0 aliphatic heterocycles. The molecule has 0 atom stereocenters. The van der Waals surface area contributed by atoms with Gasteiger partial charge in [-0.1, -0.05) is 13.8 Å². The molecule has 0 saturated carbocycles. The fraction of sp³-hybridized carbons (Fsp3) is 0.357. The standard InChI is InChI=1S/C14H18N4/c1-9(2)11-8-13(15-4)18-14(17-11)12-7-10(3)5-6-16-12/h5-9H,1-4H3,(H,15,17,18). The Balaban J connectivity index is 2.53. The van der Waals surface area contributed by atoms with Crippen LogP contribution in [-0.2, 0) is 0 Å². The summed E-state index contributed by atoms with van der Waals surface area (Å²) >= 11 is 0. The Morgan fingerprint density at radius 2 is 1.94 bits per heavy atom.